The molecule has 1 heteroatoms. The lowest BCUT2D eigenvalue weighted by atomic mass is 9.67. The van der Waals surface area contributed by atoms with E-state index in [0.29, 0.717) is 5.92 Å². The van der Waals surface area contributed by atoms with Crippen molar-refractivity contribution in [3.63, 3.8) is 0 Å². The van der Waals surface area contributed by atoms with E-state index in [9.17, 15) is 0 Å². The first-order chi connectivity index (χ1) is 30.5. The maximum Gasteiger partial charge on any atom is 0.0434 e. The summed E-state index contributed by atoms with van der Waals surface area (Å²) in [5.74, 6) is 0.453. The second kappa shape index (κ2) is 17.5. The molecule has 2 atom stereocenters. The summed E-state index contributed by atoms with van der Waals surface area (Å²) < 4.78 is 2.75. The van der Waals surface area contributed by atoms with E-state index in [2.05, 4.69) is 236 Å². The van der Waals surface area contributed by atoms with Crippen molar-refractivity contribution in [2.24, 2.45) is 5.92 Å². The van der Waals surface area contributed by atoms with E-state index >= 15 is 0 Å². The maximum atomic E-state index is 4.14. The van der Waals surface area contributed by atoms with Gasteiger partial charge in [-0.05, 0) is 108 Å². The van der Waals surface area contributed by atoms with Gasteiger partial charge in [0.25, 0.3) is 0 Å². The fraction of sp³-hybridized carbons (Fsp3) is 0.194. The fourth-order valence-electron chi connectivity index (χ4n) is 10.2. The van der Waals surface area contributed by atoms with Gasteiger partial charge < -0.3 is 0 Å². The second-order valence-corrected chi connectivity index (χ2v) is 19.5. The molecule has 0 radical (unpaired) electrons. The van der Waals surface area contributed by atoms with Gasteiger partial charge >= 0.3 is 0 Å². The first kappa shape index (κ1) is 42.0. The molecule has 63 heavy (non-hydrogen) atoms. The lowest BCUT2D eigenvalue weighted by Crippen LogP contribution is -2.30. The van der Waals surface area contributed by atoms with Crippen molar-refractivity contribution in [2.75, 3.05) is 0 Å². The van der Waals surface area contributed by atoms with E-state index in [1.807, 2.05) is 11.3 Å². The van der Waals surface area contributed by atoms with Crippen LogP contribution in [0.4, 0.5) is 0 Å². The van der Waals surface area contributed by atoms with E-state index < -0.39 is 0 Å². The minimum Gasteiger partial charge on any atom is -0.135 e. The summed E-state index contributed by atoms with van der Waals surface area (Å²) in [4.78, 5) is 0. The molecule has 2 unspecified atom stereocenters. The van der Waals surface area contributed by atoms with E-state index in [-0.39, 0.29) is 10.8 Å². The zero-order chi connectivity index (χ0) is 43.7. The highest BCUT2D eigenvalue weighted by Crippen LogP contribution is 2.57. The molecular formula is C62H58S. The van der Waals surface area contributed by atoms with Crippen LogP contribution in [0.1, 0.15) is 85.9 Å². The molecule has 1 heterocycles. The van der Waals surface area contributed by atoms with Crippen LogP contribution in [0, 0.1) is 19.8 Å². The average molecular weight is 835 g/mol. The number of hydrogen-bond donors (Lipinski definition) is 0. The quantitative estimate of drug-likeness (QED) is 0.166. The van der Waals surface area contributed by atoms with Crippen molar-refractivity contribution in [1.82, 2.24) is 0 Å². The summed E-state index contributed by atoms with van der Waals surface area (Å²) in [6.45, 7) is 17.6. The van der Waals surface area contributed by atoms with Crippen LogP contribution in [0.5, 0.6) is 0 Å². The Hall–Kier alpha value is -6.28. The van der Waals surface area contributed by atoms with Crippen molar-refractivity contribution in [3.8, 4) is 22.3 Å². The summed E-state index contributed by atoms with van der Waals surface area (Å²) in [6, 6.07) is 46.9. The topological polar surface area (TPSA) is 0 Å². The summed E-state index contributed by atoms with van der Waals surface area (Å²) in [5.41, 5.74) is 18.9. The normalized spacial score (nSPS) is 20.4. The molecule has 0 saturated heterocycles. The molecule has 0 fully saturated rings. The third kappa shape index (κ3) is 8.12. The van der Waals surface area contributed by atoms with Gasteiger partial charge in [0.05, 0.1) is 0 Å². The minimum atomic E-state index is -0.0397. The van der Waals surface area contributed by atoms with Crippen LogP contribution in [-0.2, 0) is 10.8 Å². The summed E-state index contributed by atoms with van der Waals surface area (Å²) in [7, 11) is 0. The van der Waals surface area contributed by atoms with Crippen molar-refractivity contribution in [2.45, 2.75) is 71.6 Å². The van der Waals surface area contributed by atoms with Crippen molar-refractivity contribution < 1.29 is 0 Å². The molecule has 0 saturated carbocycles. The second-order valence-electron chi connectivity index (χ2n) is 18.4. The number of allylic oxidation sites excluding steroid dienone is 13. The molecule has 7 aromatic rings. The first-order valence-corrected chi connectivity index (χ1v) is 23.4. The van der Waals surface area contributed by atoms with Crippen LogP contribution < -0.4 is 0 Å². The summed E-state index contributed by atoms with van der Waals surface area (Å²) in [5, 5.41) is 2.72. The van der Waals surface area contributed by atoms with Crippen molar-refractivity contribution in [1.29, 1.82) is 0 Å². The van der Waals surface area contributed by atoms with Crippen LogP contribution in [-0.4, -0.2) is 0 Å². The highest BCUT2D eigenvalue weighted by Gasteiger charge is 2.45. The molecule has 0 spiro atoms. The Morgan fingerprint density at radius 3 is 2.10 bits per heavy atom. The maximum absolute atomic E-state index is 4.14. The monoisotopic (exact) mass is 834 g/mol. The van der Waals surface area contributed by atoms with Crippen LogP contribution in [0.3, 0.4) is 0 Å². The molecule has 0 amide bonds. The molecule has 0 bridgehead atoms. The molecule has 0 aliphatic heterocycles. The lowest BCUT2D eigenvalue weighted by Gasteiger charge is -2.35. The molecule has 11 rings (SSSR count). The third-order valence-electron chi connectivity index (χ3n) is 13.5. The fourth-order valence-corrected chi connectivity index (χ4v) is 11.5. The zero-order valence-electron chi connectivity index (χ0n) is 37.7. The molecule has 312 valence electrons. The highest BCUT2D eigenvalue weighted by atomic mass is 32.1. The van der Waals surface area contributed by atoms with Gasteiger partial charge in [-0.15, -0.1) is 11.3 Å². The highest BCUT2D eigenvalue weighted by molar-refractivity contribution is 7.26. The van der Waals surface area contributed by atoms with Gasteiger partial charge in [-0.2, -0.15) is 0 Å². The van der Waals surface area contributed by atoms with Gasteiger partial charge in [0, 0.05) is 36.6 Å². The predicted molar refractivity (Wildman–Crippen MR) is 277 cm³/mol. The lowest BCUT2D eigenvalue weighted by molar-refractivity contribution is 0.425. The Labute approximate surface area is 379 Å². The van der Waals surface area contributed by atoms with Gasteiger partial charge in [-0.1, -0.05) is 226 Å². The average Bonchev–Trinajstić information content (AvgIpc) is 3.82. The molecule has 6 aromatic carbocycles. The van der Waals surface area contributed by atoms with E-state index in [1.165, 1.54) is 105 Å². The number of rotatable bonds is 3. The van der Waals surface area contributed by atoms with E-state index in [1.54, 1.807) is 0 Å². The number of aryl methyl sites for hydroxylation is 2. The van der Waals surface area contributed by atoms with Crippen LogP contribution in [0.2, 0.25) is 0 Å². The van der Waals surface area contributed by atoms with Gasteiger partial charge in [0.2, 0.25) is 0 Å². The van der Waals surface area contributed by atoms with Gasteiger partial charge in [0.15, 0.2) is 0 Å². The predicted octanol–water partition coefficient (Wildman–Crippen LogP) is 17.7. The Bertz CT molecular complexity index is 3060. The SMILES string of the molecule is C=C1/C=C\C(C)=C/C(C)(C)c2ccccc21.Cc1ccc(C2=CCCC=C2)cc1.Cc1ccc2c(c1)C(C)(C1C=CC=CC1)c1cccc(-c3cccc4c3sc3ccccc34)c1-2. The molecule has 0 nitrogen and oxygen atoms in total. The van der Waals surface area contributed by atoms with Crippen LogP contribution >= 0.6 is 11.3 Å². The zero-order valence-corrected chi connectivity index (χ0v) is 38.5. The van der Waals surface area contributed by atoms with Gasteiger partial charge in [-0.25, -0.2) is 0 Å². The molecular weight excluding hydrogens is 777 g/mol. The van der Waals surface area contributed by atoms with Crippen LogP contribution in [0.15, 0.2) is 200 Å². The molecule has 4 aliphatic carbocycles. The van der Waals surface area contributed by atoms with Gasteiger partial charge in [-0.3, -0.25) is 0 Å². The number of benzene rings is 6. The number of fused-ring (bicyclic) bond motifs is 7. The molecule has 1 aromatic heterocycles. The van der Waals surface area contributed by atoms with E-state index in [4.69, 9.17) is 0 Å². The Kier molecular flexibility index (Phi) is 11.7. The van der Waals surface area contributed by atoms with Crippen molar-refractivity contribution >= 4 is 42.7 Å². The number of thiophene rings is 1. The first-order valence-electron chi connectivity index (χ1n) is 22.6. The smallest absolute Gasteiger partial charge is 0.0434 e. The standard InChI is InChI=1S/C33H26S.C16H18.C13H14/c1-21-18-19-27-29(20-21)33(2,22-10-4-3-5-11-22)28-16-9-13-24(31(27)28)26-15-8-14-25-23-12-6-7-17-30(23)34-32(25)26;1-12-9-10-13(2)14-7-5-6-8-15(14)16(3,4)11-12;1-11-7-9-13(10-8-11)12-5-3-2-4-6-12/h3-10,12-20,22H,11H2,1-2H3;5-11H,2H2,1,3-4H3;3,5-10H,2,4H2,1H3/b;10-9-,12-11-;. The number of hydrogen-bond acceptors (Lipinski definition) is 1. The van der Waals surface area contributed by atoms with Crippen LogP contribution in [0.25, 0.3) is 53.6 Å². The Morgan fingerprint density at radius 2 is 1.30 bits per heavy atom. The minimum absolute atomic E-state index is 0.0397. The summed E-state index contributed by atoms with van der Waals surface area (Å²) in [6.07, 6.45) is 25.9. The van der Waals surface area contributed by atoms with Crippen molar-refractivity contribution in [3.05, 3.63) is 239 Å². The van der Waals surface area contributed by atoms with E-state index in [0.717, 1.165) is 12.0 Å². The molecule has 0 N–H and O–H groups in total. The molecule has 4 aliphatic rings. The third-order valence-corrected chi connectivity index (χ3v) is 14.7. The van der Waals surface area contributed by atoms with Gasteiger partial charge in [0.1, 0.15) is 0 Å². The largest absolute Gasteiger partial charge is 0.135 e. The Balaban J connectivity index is 0.000000143. The Morgan fingerprint density at radius 1 is 0.587 bits per heavy atom. The summed E-state index contributed by atoms with van der Waals surface area (Å²) >= 11 is 1.92.